The largest absolute Gasteiger partial charge is 0.207 e. The first-order chi connectivity index (χ1) is 8.88. The Morgan fingerprint density at radius 2 is 0.789 bits per heavy atom. The average Bonchev–Trinajstić information content (AvgIpc) is 2.25. The van der Waals surface area contributed by atoms with Crippen LogP contribution in [0, 0.1) is 41.3 Å². The fourth-order valence-corrected chi connectivity index (χ4v) is 1.53. The SMILES string of the molecule is Fc1cc(F)c([CH]c2c(F)cc(F)cc2F)c(F)c1. The summed E-state index contributed by atoms with van der Waals surface area (Å²) in [5, 5.41) is 0. The number of halogens is 6. The van der Waals surface area contributed by atoms with Gasteiger partial charge in [0.15, 0.2) is 0 Å². The second kappa shape index (κ2) is 4.95. The monoisotopic (exact) mass is 275 g/mol. The number of benzene rings is 2. The summed E-state index contributed by atoms with van der Waals surface area (Å²) in [6, 6.07) is 1.48. The molecule has 0 N–H and O–H groups in total. The molecule has 19 heavy (non-hydrogen) atoms. The van der Waals surface area contributed by atoms with Crippen LogP contribution in [0.1, 0.15) is 11.1 Å². The first-order valence-electron chi connectivity index (χ1n) is 5.02. The molecule has 0 nitrogen and oxygen atoms in total. The quantitative estimate of drug-likeness (QED) is 0.723. The van der Waals surface area contributed by atoms with Crippen molar-refractivity contribution in [2.24, 2.45) is 0 Å². The maximum atomic E-state index is 13.3. The molecule has 0 amide bonds. The van der Waals surface area contributed by atoms with Crippen LogP contribution < -0.4 is 0 Å². The average molecular weight is 275 g/mol. The molecule has 2 aromatic rings. The lowest BCUT2D eigenvalue weighted by Gasteiger charge is -2.07. The van der Waals surface area contributed by atoms with Gasteiger partial charge in [-0.25, -0.2) is 26.3 Å². The second-order valence-corrected chi connectivity index (χ2v) is 3.71. The van der Waals surface area contributed by atoms with Gasteiger partial charge in [-0.05, 0) is 0 Å². The molecule has 2 rings (SSSR count). The molecule has 0 saturated heterocycles. The summed E-state index contributed by atoms with van der Waals surface area (Å²) in [4.78, 5) is 0. The van der Waals surface area contributed by atoms with Crippen LogP contribution in [-0.4, -0.2) is 0 Å². The van der Waals surface area contributed by atoms with Crippen LogP contribution >= 0.6 is 0 Å². The van der Waals surface area contributed by atoms with Crippen LogP contribution in [0.25, 0.3) is 0 Å². The molecule has 0 aliphatic rings. The summed E-state index contributed by atoms with van der Waals surface area (Å²) in [5.41, 5.74) is -1.63. The Morgan fingerprint density at radius 1 is 0.526 bits per heavy atom. The third kappa shape index (κ3) is 2.72. The minimum Gasteiger partial charge on any atom is -0.207 e. The van der Waals surface area contributed by atoms with Gasteiger partial charge in [0.25, 0.3) is 0 Å². The van der Waals surface area contributed by atoms with Crippen LogP contribution in [0.15, 0.2) is 24.3 Å². The van der Waals surface area contributed by atoms with E-state index in [-0.39, 0.29) is 0 Å². The minimum absolute atomic E-state index is 0.369. The van der Waals surface area contributed by atoms with Crippen LogP contribution in [-0.2, 0) is 0 Å². The molecule has 0 atom stereocenters. The van der Waals surface area contributed by atoms with E-state index in [0.717, 1.165) is 0 Å². The lowest BCUT2D eigenvalue weighted by molar-refractivity contribution is 0.525. The van der Waals surface area contributed by atoms with Gasteiger partial charge in [-0.1, -0.05) is 0 Å². The summed E-state index contributed by atoms with van der Waals surface area (Å²) >= 11 is 0. The highest BCUT2D eigenvalue weighted by Crippen LogP contribution is 2.24. The molecule has 0 aliphatic carbocycles. The lowest BCUT2D eigenvalue weighted by Crippen LogP contribution is -2.02. The van der Waals surface area contributed by atoms with Crippen LogP contribution in [0.3, 0.4) is 0 Å². The van der Waals surface area contributed by atoms with Crippen LogP contribution in [0.4, 0.5) is 26.3 Å². The predicted molar refractivity (Wildman–Crippen MR) is 55.1 cm³/mol. The molecule has 1 radical (unpaired) electrons. The van der Waals surface area contributed by atoms with Gasteiger partial charge in [0.1, 0.15) is 34.9 Å². The zero-order valence-corrected chi connectivity index (χ0v) is 9.15. The Labute approximate surface area is 104 Å². The van der Waals surface area contributed by atoms with E-state index < -0.39 is 46.0 Å². The Balaban J connectivity index is 2.48. The highest BCUT2D eigenvalue weighted by Gasteiger charge is 2.18. The third-order valence-electron chi connectivity index (χ3n) is 2.38. The Morgan fingerprint density at radius 3 is 1.05 bits per heavy atom. The maximum Gasteiger partial charge on any atom is 0.132 e. The molecule has 2 aromatic carbocycles. The summed E-state index contributed by atoms with van der Waals surface area (Å²) in [7, 11) is 0. The summed E-state index contributed by atoms with van der Waals surface area (Å²) < 4.78 is 78.6. The van der Waals surface area contributed by atoms with E-state index in [9.17, 15) is 26.3 Å². The first kappa shape index (κ1) is 13.5. The Kier molecular flexibility index (Phi) is 3.50. The molecule has 0 bridgehead atoms. The molecule has 6 heteroatoms. The van der Waals surface area contributed by atoms with E-state index in [1.807, 2.05) is 0 Å². The van der Waals surface area contributed by atoms with E-state index >= 15 is 0 Å². The normalized spacial score (nSPS) is 10.8. The zero-order chi connectivity index (χ0) is 14.2. The van der Waals surface area contributed by atoms with Crippen LogP contribution in [0.5, 0.6) is 0 Å². The van der Waals surface area contributed by atoms with Gasteiger partial charge in [0.2, 0.25) is 0 Å². The summed E-state index contributed by atoms with van der Waals surface area (Å²) in [6.07, 6.45) is 0.508. The van der Waals surface area contributed by atoms with Gasteiger partial charge in [-0.15, -0.1) is 0 Å². The topological polar surface area (TPSA) is 0 Å². The van der Waals surface area contributed by atoms with Crippen molar-refractivity contribution in [2.75, 3.05) is 0 Å². The van der Waals surface area contributed by atoms with E-state index in [1.54, 1.807) is 0 Å². The van der Waals surface area contributed by atoms with E-state index in [0.29, 0.717) is 30.7 Å². The van der Waals surface area contributed by atoms with E-state index in [1.165, 1.54) is 0 Å². The fraction of sp³-hybridized carbons (Fsp3) is 0. The van der Waals surface area contributed by atoms with Crippen molar-refractivity contribution in [3.05, 3.63) is 76.7 Å². The molecule has 99 valence electrons. The highest BCUT2D eigenvalue weighted by atomic mass is 19.2. The second-order valence-electron chi connectivity index (χ2n) is 3.71. The number of hydrogen-bond acceptors (Lipinski definition) is 0. The molecular formula is C13H5F6. The van der Waals surface area contributed by atoms with Gasteiger partial charge in [-0.2, -0.15) is 0 Å². The number of hydrogen-bond donors (Lipinski definition) is 0. The molecule has 0 saturated carbocycles. The van der Waals surface area contributed by atoms with Crippen molar-refractivity contribution in [3.63, 3.8) is 0 Å². The van der Waals surface area contributed by atoms with E-state index in [4.69, 9.17) is 0 Å². The van der Waals surface area contributed by atoms with Gasteiger partial charge >= 0.3 is 0 Å². The minimum atomic E-state index is -1.32. The van der Waals surface area contributed by atoms with Gasteiger partial charge in [0, 0.05) is 41.8 Å². The Bertz CT molecular complexity index is 534. The van der Waals surface area contributed by atoms with Crippen molar-refractivity contribution >= 4 is 0 Å². The van der Waals surface area contributed by atoms with Crippen molar-refractivity contribution < 1.29 is 26.3 Å². The van der Waals surface area contributed by atoms with Crippen molar-refractivity contribution in [3.8, 4) is 0 Å². The molecule has 0 spiro atoms. The van der Waals surface area contributed by atoms with Gasteiger partial charge < -0.3 is 0 Å². The van der Waals surface area contributed by atoms with E-state index in [2.05, 4.69) is 0 Å². The standard InChI is InChI=1S/C13H5F6/c14-6-1-10(16)8(11(17)2-6)5-9-12(18)3-7(15)4-13(9)19/h1-5H. The zero-order valence-electron chi connectivity index (χ0n) is 9.15. The molecular weight excluding hydrogens is 270 g/mol. The summed E-state index contributed by atoms with van der Waals surface area (Å²) in [5.74, 6) is -7.60. The van der Waals surface area contributed by atoms with Gasteiger partial charge in [-0.3, -0.25) is 0 Å². The summed E-state index contributed by atoms with van der Waals surface area (Å²) in [6.45, 7) is 0. The fourth-order valence-electron chi connectivity index (χ4n) is 1.53. The third-order valence-corrected chi connectivity index (χ3v) is 2.38. The Hall–Kier alpha value is -1.98. The van der Waals surface area contributed by atoms with Gasteiger partial charge in [0.05, 0.1) is 0 Å². The maximum absolute atomic E-state index is 13.3. The molecule has 0 heterocycles. The number of rotatable bonds is 2. The van der Waals surface area contributed by atoms with Crippen molar-refractivity contribution in [1.29, 1.82) is 0 Å². The molecule has 0 aliphatic heterocycles. The molecule has 0 fully saturated rings. The smallest absolute Gasteiger partial charge is 0.132 e. The highest BCUT2D eigenvalue weighted by molar-refractivity contribution is 5.40. The molecule has 0 unspecified atom stereocenters. The van der Waals surface area contributed by atoms with Crippen molar-refractivity contribution in [1.82, 2.24) is 0 Å². The molecule has 0 aromatic heterocycles. The lowest BCUT2D eigenvalue weighted by atomic mass is 10.0. The first-order valence-corrected chi connectivity index (χ1v) is 5.02. The predicted octanol–water partition coefficient (Wildman–Crippen LogP) is 4.12. The van der Waals surface area contributed by atoms with Crippen LogP contribution in [0.2, 0.25) is 0 Å². The van der Waals surface area contributed by atoms with Crippen molar-refractivity contribution in [2.45, 2.75) is 0 Å².